The quantitative estimate of drug-likeness (QED) is 0.0746. The predicted molar refractivity (Wildman–Crippen MR) is 176 cm³/mol. The standard InChI is InChI=1S/C28H34ClN8O10PS/c1-16(24(39)44-14-17-8-6-5-7-9-17)34-48(41,46-19-12-10-18(29)11-13-19)47-25-21(38)28(2,40)26(45-25)37-15-31-20-22(32-27(30)33-23(20)37)36(3)35-49(4,42)43/h5-13,15-16,21,25-26,35,38,40H,14H2,1-4H3,(H,34,41)(H2,30,32,33)/t16-,21?,25?,26+,28+,48?/m0/s1. The summed E-state index contributed by atoms with van der Waals surface area (Å²) in [6.45, 7) is 2.54. The molecule has 2 aromatic carbocycles. The number of anilines is 2. The van der Waals surface area contributed by atoms with Gasteiger partial charge in [-0.05, 0) is 43.7 Å². The number of halogens is 1. The normalized spacial score (nSPS) is 22.8. The van der Waals surface area contributed by atoms with Crippen molar-refractivity contribution in [2.45, 2.75) is 50.7 Å². The van der Waals surface area contributed by atoms with Crippen LogP contribution >= 0.6 is 19.3 Å². The number of aromatic nitrogens is 4. The second kappa shape index (κ2) is 14.1. The van der Waals surface area contributed by atoms with Crippen molar-refractivity contribution >= 4 is 58.3 Å². The molecule has 18 nitrogen and oxygen atoms in total. The van der Waals surface area contributed by atoms with E-state index in [-0.39, 0.29) is 35.3 Å². The number of nitrogens with two attached hydrogens (primary N) is 1. The van der Waals surface area contributed by atoms with E-state index in [0.717, 1.165) is 16.8 Å². The van der Waals surface area contributed by atoms with Crippen LogP contribution in [0, 0.1) is 0 Å². The molecule has 0 radical (unpaired) electrons. The fourth-order valence-electron chi connectivity index (χ4n) is 4.80. The summed E-state index contributed by atoms with van der Waals surface area (Å²) in [5.74, 6) is -1.09. The molecule has 0 bridgehead atoms. The van der Waals surface area contributed by atoms with Crippen molar-refractivity contribution in [1.82, 2.24) is 29.4 Å². The molecular weight excluding hydrogens is 707 g/mol. The van der Waals surface area contributed by atoms with Gasteiger partial charge in [0.05, 0.1) is 12.6 Å². The van der Waals surface area contributed by atoms with Gasteiger partial charge in [-0.2, -0.15) is 15.1 Å². The van der Waals surface area contributed by atoms with Gasteiger partial charge < -0.3 is 29.9 Å². The van der Waals surface area contributed by atoms with Crippen molar-refractivity contribution in [1.29, 1.82) is 0 Å². The van der Waals surface area contributed by atoms with Gasteiger partial charge in [0.1, 0.15) is 30.1 Å². The van der Waals surface area contributed by atoms with E-state index < -0.39 is 54.0 Å². The zero-order valence-electron chi connectivity index (χ0n) is 26.5. The van der Waals surface area contributed by atoms with Crippen molar-refractivity contribution in [2.24, 2.45) is 0 Å². The number of carbonyl (C=O) groups is 1. The van der Waals surface area contributed by atoms with Crippen LogP contribution in [0.15, 0.2) is 60.9 Å². The molecule has 5 rings (SSSR count). The highest BCUT2D eigenvalue weighted by molar-refractivity contribution is 7.88. The number of rotatable bonds is 13. The Balaban J connectivity index is 1.42. The number of esters is 1. The highest BCUT2D eigenvalue weighted by Gasteiger charge is 2.56. The van der Waals surface area contributed by atoms with Crippen molar-refractivity contribution in [3.05, 3.63) is 71.5 Å². The number of aliphatic hydroxyl groups is 2. The van der Waals surface area contributed by atoms with Crippen LogP contribution in [0.1, 0.15) is 25.6 Å². The molecule has 3 heterocycles. The largest absolute Gasteiger partial charge is 0.461 e. The van der Waals surface area contributed by atoms with E-state index in [0.29, 0.717) is 5.02 Å². The molecule has 3 unspecified atom stereocenters. The van der Waals surface area contributed by atoms with Gasteiger partial charge in [-0.25, -0.2) is 18.0 Å². The number of imidazole rings is 1. The van der Waals surface area contributed by atoms with Crippen LogP contribution in [0.4, 0.5) is 11.8 Å². The summed E-state index contributed by atoms with van der Waals surface area (Å²) in [5, 5.41) is 26.6. The summed E-state index contributed by atoms with van der Waals surface area (Å²) >= 11 is 5.98. The van der Waals surface area contributed by atoms with Gasteiger partial charge in [0.2, 0.25) is 22.3 Å². The number of hydrazine groups is 1. The molecular formula is C28H34ClN8O10PS. The van der Waals surface area contributed by atoms with Crippen LogP contribution < -0.4 is 25.2 Å². The van der Waals surface area contributed by atoms with E-state index in [1.54, 1.807) is 24.3 Å². The Hall–Kier alpha value is -3.91. The number of hydrogen-bond acceptors (Lipinski definition) is 15. The van der Waals surface area contributed by atoms with Crippen LogP contribution in [0.25, 0.3) is 11.2 Å². The molecule has 2 aromatic heterocycles. The fraction of sp³-hybridized carbons (Fsp3) is 0.357. The van der Waals surface area contributed by atoms with Crippen LogP contribution in [0.5, 0.6) is 5.75 Å². The smallest absolute Gasteiger partial charge is 0.460 e. The third-order valence-corrected chi connectivity index (χ3v) is 9.62. The zero-order chi connectivity index (χ0) is 35.7. The second-order valence-electron chi connectivity index (χ2n) is 11.3. The van der Waals surface area contributed by atoms with Crippen LogP contribution in [-0.2, 0) is 40.0 Å². The fourth-order valence-corrected chi connectivity index (χ4v) is 7.08. The number of carbonyl (C=O) groups excluding carboxylic acids is 1. The summed E-state index contributed by atoms with van der Waals surface area (Å²) in [6, 6.07) is 13.4. The number of nitrogens with one attached hydrogen (secondary N) is 2. The molecule has 0 aliphatic carbocycles. The second-order valence-corrected chi connectivity index (χ2v) is 15.1. The predicted octanol–water partition coefficient (Wildman–Crippen LogP) is 1.85. The molecule has 0 spiro atoms. The highest BCUT2D eigenvalue weighted by Crippen LogP contribution is 2.51. The third kappa shape index (κ3) is 8.46. The van der Waals surface area contributed by atoms with E-state index in [1.165, 1.54) is 56.1 Å². The zero-order valence-corrected chi connectivity index (χ0v) is 29.0. The number of hydrogen-bond donors (Lipinski definition) is 5. The average molecular weight is 741 g/mol. The Morgan fingerprint density at radius 1 is 1.22 bits per heavy atom. The molecule has 49 heavy (non-hydrogen) atoms. The molecule has 1 aliphatic heterocycles. The SMILES string of the molecule is C[C@H](NP(=O)(Oc1ccc(Cl)cc1)OC1O[C@@H](n2cnc3c(N(C)NS(C)(=O)=O)nc(N)nc32)[C@](C)(O)C1O)C(=O)OCc1ccccc1. The van der Waals surface area contributed by atoms with Gasteiger partial charge in [0.25, 0.3) is 0 Å². The maximum atomic E-state index is 14.3. The Labute approximate surface area is 285 Å². The van der Waals surface area contributed by atoms with Crippen LogP contribution in [0.2, 0.25) is 5.02 Å². The Bertz CT molecular complexity index is 1970. The maximum absolute atomic E-state index is 14.3. The molecule has 0 saturated carbocycles. The lowest BCUT2D eigenvalue weighted by molar-refractivity contribution is -0.147. The summed E-state index contributed by atoms with van der Waals surface area (Å²) in [7, 11) is -7.00. The minimum absolute atomic E-state index is 0.0173. The summed E-state index contributed by atoms with van der Waals surface area (Å²) in [5.41, 5.74) is 4.52. The lowest BCUT2D eigenvalue weighted by Gasteiger charge is -2.27. The molecule has 6 atom stereocenters. The monoisotopic (exact) mass is 740 g/mol. The number of aliphatic hydroxyl groups excluding tert-OH is 1. The molecule has 6 N–H and O–H groups in total. The molecule has 1 fully saturated rings. The van der Waals surface area contributed by atoms with Crippen LogP contribution in [0.3, 0.4) is 0 Å². The van der Waals surface area contributed by atoms with Crippen molar-refractivity contribution < 1.29 is 46.5 Å². The number of nitrogens with zero attached hydrogens (tertiary/aromatic N) is 5. The minimum Gasteiger partial charge on any atom is -0.460 e. The first-order valence-corrected chi connectivity index (χ1v) is 18.3. The number of sulfonamides is 1. The van der Waals surface area contributed by atoms with Gasteiger partial charge in [-0.1, -0.05) is 41.9 Å². The number of benzene rings is 2. The Morgan fingerprint density at radius 2 is 1.90 bits per heavy atom. The lowest BCUT2D eigenvalue weighted by atomic mass is 9.99. The van der Waals surface area contributed by atoms with Crippen LogP contribution in [-0.4, -0.2) is 81.5 Å². The van der Waals surface area contributed by atoms with Gasteiger partial charge >= 0.3 is 13.7 Å². The van der Waals surface area contributed by atoms with E-state index in [1.807, 2.05) is 6.07 Å². The van der Waals surface area contributed by atoms with E-state index in [4.69, 9.17) is 35.9 Å². The topological polar surface area (TPSA) is 243 Å². The molecule has 4 aromatic rings. The molecule has 264 valence electrons. The van der Waals surface area contributed by atoms with Gasteiger partial charge in [0.15, 0.2) is 23.2 Å². The Kier molecular flexibility index (Phi) is 10.5. The number of ether oxygens (including phenoxy) is 2. The van der Waals surface area contributed by atoms with Crippen molar-refractivity contribution in [2.75, 3.05) is 24.0 Å². The lowest BCUT2D eigenvalue weighted by Crippen LogP contribution is -2.44. The maximum Gasteiger partial charge on any atom is 0.461 e. The molecule has 0 amide bonds. The molecule has 1 saturated heterocycles. The highest BCUT2D eigenvalue weighted by atomic mass is 35.5. The number of nitrogen functional groups attached to an aromatic ring is 1. The summed E-state index contributed by atoms with van der Waals surface area (Å²) in [6.07, 6.45) is -3.06. The average Bonchev–Trinajstić information content (AvgIpc) is 3.53. The van der Waals surface area contributed by atoms with Gasteiger partial charge in [-0.15, -0.1) is 4.83 Å². The summed E-state index contributed by atoms with van der Waals surface area (Å²) in [4.78, 5) is 27.6. The summed E-state index contributed by atoms with van der Waals surface area (Å²) < 4.78 is 61.8. The number of fused-ring (bicyclic) bond motifs is 1. The Morgan fingerprint density at radius 3 is 2.55 bits per heavy atom. The van der Waals surface area contributed by atoms with E-state index in [2.05, 4.69) is 24.9 Å². The molecule has 21 heteroatoms. The first-order chi connectivity index (χ1) is 23.0. The van der Waals surface area contributed by atoms with Crippen molar-refractivity contribution in [3.8, 4) is 5.75 Å². The van der Waals surface area contributed by atoms with E-state index in [9.17, 15) is 28.0 Å². The minimum atomic E-state index is -4.64. The first kappa shape index (κ1) is 36.4. The molecule has 1 aliphatic rings. The van der Waals surface area contributed by atoms with Gasteiger partial charge in [-0.3, -0.25) is 18.9 Å². The van der Waals surface area contributed by atoms with E-state index >= 15 is 0 Å². The van der Waals surface area contributed by atoms with Gasteiger partial charge in [0, 0.05) is 12.1 Å². The van der Waals surface area contributed by atoms with Crippen molar-refractivity contribution in [3.63, 3.8) is 0 Å². The first-order valence-electron chi connectivity index (χ1n) is 14.4. The third-order valence-electron chi connectivity index (χ3n) is 7.12.